The van der Waals surface area contributed by atoms with Crippen molar-refractivity contribution in [1.29, 1.82) is 0 Å². The summed E-state index contributed by atoms with van der Waals surface area (Å²) in [6, 6.07) is 1.52. The van der Waals surface area contributed by atoms with Gasteiger partial charge in [0.25, 0.3) is 0 Å². The largest absolute Gasteiger partial charge is 0.494 e. The van der Waals surface area contributed by atoms with E-state index in [2.05, 4.69) is 5.32 Å². The van der Waals surface area contributed by atoms with Crippen LogP contribution >= 0.6 is 0 Å². The summed E-state index contributed by atoms with van der Waals surface area (Å²) in [4.78, 5) is 0. The van der Waals surface area contributed by atoms with E-state index in [-0.39, 0.29) is 24.4 Å². The summed E-state index contributed by atoms with van der Waals surface area (Å²) in [5, 5.41) is 3.26. The van der Waals surface area contributed by atoms with E-state index in [0.29, 0.717) is 17.1 Å². The maximum absolute atomic E-state index is 14.3. The molecule has 92 valence electrons. The molecule has 0 spiro atoms. The first-order chi connectivity index (χ1) is 8.31. The average molecular weight is 239 g/mol. The molecule has 2 aliphatic heterocycles. The summed E-state index contributed by atoms with van der Waals surface area (Å²) in [5.41, 5.74) is 0.536. The van der Waals surface area contributed by atoms with E-state index in [1.54, 1.807) is 0 Å². The molecular formula is C12H14FNO3. The molecular weight excluding hydrogens is 225 g/mol. The number of ether oxygens (including phenoxy) is 3. The standard InChI is InChI=1S/C12H14FNO3/c1-15-8-5-9-12(17-6-16-9)10(11(8)13)7-3-2-4-14-7/h5,7,14H,2-4,6H2,1H3. The van der Waals surface area contributed by atoms with Gasteiger partial charge in [0.2, 0.25) is 6.79 Å². The molecule has 0 aliphatic carbocycles. The monoisotopic (exact) mass is 239 g/mol. The Morgan fingerprint density at radius 2 is 2.35 bits per heavy atom. The topological polar surface area (TPSA) is 39.7 Å². The summed E-state index contributed by atoms with van der Waals surface area (Å²) in [6.07, 6.45) is 1.94. The normalized spacial score (nSPS) is 21.9. The predicted molar refractivity (Wildman–Crippen MR) is 59.1 cm³/mol. The van der Waals surface area contributed by atoms with Crippen molar-refractivity contribution in [2.75, 3.05) is 20.4 Å². The molecule has 2 aliphatic rings. The van der Waals surface area contributed by atoms with E-state index < -0.39 is 0 Å². The van der Waals surface area contributed by atoms with E-state index in [9.17, 15) is 4.39 Å². The molecule has 0 saturated carbocycles. The Balaban J connectivity index is 2.13. The van der Waals surface area contributed by atoms with Crippen LogP contribution in [0.4, 0.5) is 4.39 Å². The number of halogens is 1. The maximum atomic E-state index is 14.3. The van der Waals surface area contributed by atoms with Crippen LogP contribution in [-0.4, -0.2) is 20.4 Å². The summed E-state index contributed by atoms with van der Waals surface area (Å²) in [6.45, 7) is 1.04. The zero-order valence-electron chi connectivity index (χ0n) is 9.59. The molecule has 0 aromatic heterocycles. The second-order valence-corrected chi connectivity index (χ2v) is 4.19. The van der Waals surface area contributed by atoms with E-state index in [4.69, 9.17) is 14.2 Å². The second-order valence-electron chi connectivity index (χ2n) is 4.19. The Labute approximate surface area is 98.7 Å². The molecule has 1 aromatic rings. The zero-order chi connectivity index (χ0) is 11.8. The van der Waals surface area contributed by atoms with Gasteiger partial charge in [0, 0.05) is 12.1 Å². The maximum Gasteiger partial charge on any atom is 0.231 e. The van der Waals surface area contributed by atoms with Crippen molar-refractivity contribution in [1.82, 2.24) is 5.32 Å². The third-order valence-electron chi connectivity index (χ3n) is 3.23. The molecule has 1 saturated heterocycles. The van der Waals surface area contributed by atoms with Crippen LogP contribution in [0.15, 0.2) is 6.07 Å². The van der Waals surface area contributed by atoms with Gasteiger partial charge < -0.3 is 19.5 Å². The van der Waals surface area contributed by atoms with Crippen molar-refractivity contribution < 1.29 is 18.6 Å². The number of nitrogens with one attached hydrogen (secondary N) is 1. The van der Waals surface area contributed by atoms with Gasteiger partial charge in [0.05, 0.1) is 12.7 Å². The van der Waals surface area contributed by atoms with E-state index in [1.165, 1.54) is 13.2 Å². The zero-order valence-corrected chi connectivity index (χ0v) is 9.59. The molecule has 2 heterocycles. The van der Waals surface area contributed by atoms with Crippen molar-refractivity contribution in [2.24, 2.45) is 0 Å². The van der Waals surface area contributed by atoms with Crippen molar-refractivity contribution in [2.45, 2.75) is 18.9 Å². The lowest BCUT2D eigenvalue weighted by atomic mass is 10.0. The van der Waals surface area contributed by atoms with Crippen molar-refractivity contribution in [3.05, 3.63) is 17.4 Å². The minimum Gasteiger partial charge on any atom is -0.494 e. The number of rotatable bonds is 2. The van der Waals surface area contributed by atoms with Crippen molar-refractivity contribution in [3.63, 3.8) is 0 Å². The minimum atomic E-state index is -0.351. The Bertz CT molecular complexity index is 443. The van der Waals surface area contributed by atoms with E-state index in [1.807, 2.05) is 0 Å². The predicted octanol–water partition coefficient (Wildman–Crippen LogP) is 1.99. The fraction of sp³-hybridized carbons (Fsp3) is 0.500. The number of hydrogen-bond donors (Lipinski definition) is 1. The number of fused-ring (bicyclic) bond motifs is 1. The fourth-order valence-electron chi connectivity index (χ4n) is 2.41. The molecule has 1 N–H and O–H groups in total. The lowest BCUT2D eigenvalue weighted by Gasteiger charge is -2.16. The summed E-state index contributed by atoms with van der Waals surface area (Å²) in [7, 11) is 1.45. The van der Waals surface area contributed by atoms with Gasteiger partial charge in [0.1, 0.15) is 0 Å². The van der Waals surface area contributed by atoms with Gasteiger partial charge in [-0.2, -0.15) is 0 Å². The van der Waals surface area contributed by atoms with E-state index in [0.717, 1.165) is 19.4 Å². The Kier molecular flexibility index (Phi) is 2.55. The lowest BCUT2D eigenvalue weighted by molar-refractivity contribution is 0.172. The van der Waals surface area contributed by atoms with Crippen LogP contribution < -0.4 is 19.5 Å². The summed E-state index contributed by atoms with van der Waals surface area (Å²) in [5.74, 6) is 0.934. The Morgan fingerprint density at radius 3 is 3.06 bits per heavy atom. The van der Waals surface area contributed by atoms with Gasteiger partial charge in [-0.1, -0.05) is 0 Å². The quantitative estimate of drug-likeness (QED) is 0.856. The Hall–Kier alpha value is -1.49. The van der Waals surface area contributed by atoms with Crippen LogP contribution in [0.5, 0.6) is 17.2 Å². The fourth-order valence-corrected chi connectivity index (χ4v) is 2.41. The third-order valence-corrected chi connectivity index (χ3v) is 3.23. The highest BCUT2D eigenvalue weighted by atomic mass is 19.1. The van der Waals surface area contributed by atoms with Crippen molar-refractivity contribution in [3.8, 4) is 17.2 Å². The first-order valence-corrected chi connectivity index (χ1v) is 5.70. The minimum absolute atomic E-state index is 0.0134. The second kappa shape index (κ2) is 4.07. The highest BCUT2D eigenvalue weighted by Gasteiger charge is 2.31. The highest BCUT2D eigenvalue weighted by molar-refractivity contribution is 5.55. The van der Waals surface area contributed by atoms with Gasteiger partial charge in [0.15, 0.2) is 23.1 Å². The van der Waals surface area contributed by atoms with Crippen LogP contribution in [0.2, 0.25) is 0 Å². The van der Waals surface area contributed by atoms with Gasteiger partial charge in [-0.05, 0) is 19.4 Å². The number of hydrogen-bond acceptors (Lipinski definition) is 4. The molecule has 4 nitrogen and oxygen atoms in total. The number of benzene rings is 1. The molecule has 3 rings (SSSR count). The highest BCUT2D eigenvalue weighted by Crippen LogP contribution is 2.45. The van der Waals surface area contributed by atoms with Crippen LogP contribution in [0.3, 0.4) is 0 Å². The molecule has 0 bridgehead atoms. The smallest absolute Gasteiger partial charge is 0.231 e. The first-order valence-electron chi connectivity index (χ1n) is 5.70. The third kappa shape index (κ3) is 1.61. The molecule has 1 fully saturated rings. The van der Waals surface area contributed by atoms with Gasteiger partial charge in [-0.15, -0.1) is 0 Å². The molecule has 1 atom stereocenters. The van der Waals surface area contributed by atoms with Crippen molar-refractivity contribution >= 4 is 0 Å². The number of methoxy groups -OCH3 is 1. The molecule has 0 radical (unpaired) electrons. The Morgan fingerprint density at radius 1 is 1.47 bits per heavy atom. The van der Waals surface area contributed by atoms with Gasteiger partial charge >= 0.3 is 0 Å². The van der Waals surface area contributed by atoms with Crippen LogP contribution in [0, 0.1) is 5.82 Å². The SMILES string of the molecule is COc1cc2c(c(C3CCCN3)c1F)OCO2. The summed E-state index contributed by atoms with van der Waals surface area (Å²) < 4.78 is 30.0. The van der Waals surface area contributed by atoms with Crippen LogP contribution in [0.25, 0.3) is 0 Å². The molecule has 0 amide bonds. The molecule has 1 aromatic carbocycles. The molecule has 17 heavy (non-hydrogen) atoms. The van der Waals surface area contributed by atoms with Crippen LogP contribution in [-0.2, 0) is 0 Å². The van der Waals surface area contributed by atoms with E-state index >= 15 is 0 Å². The molecule has 1 unspecified atom stereocenters. The lowest BCUT2D eigenvalue weighted by Crippen LogP contribution is -2.15. The van der Waals surface area contributed by atoms with Gasteiger partial charge in [-0.3, -0.25) is 0 Å². The summed E-state index contributed by atoms with van der Waals surface area (Å²) >= 11 is 0. The molecule has 5 heteroatoms. The van der Waals surface area contributed by atoms with Crippen LogP contribution in [0.1, 0.15) is 24.4 Å². The van der Waals surface area contributed by atoms with Gasteiger partial charge in [-0.25, -0.2) is 4.39 Å². The first kappa shape index (κ1) is 10.7. The average Bonchev–Trinajstić information content (AvgIpc) is 2.97.